The summed E-state index contributed by atoms with van der Waals surface area (Å²) in [6, 6.07) is 7.40. The normalized spacial score (nSPS) is 16.2. The fourth-order valence-corrected chi connectivity index (χ4v) is 6.55. The molecular weight excluding hydrogens is 412 g/mol. The van der Waals surface area contributed by atoms with Crippen LogP contribution in [0.4, 0.5) is 5.69 Å². The summed E-state index contributed by atoms with van der Waals surface area (Å²) in [5, 5.41) is 0. The van der Waals surface area contributed by atoms with Crippen LogP contribution in [0, 0.1) is 6.92 Å². The first-order valence-electron chi connectivity index (χ1n) is 8.09. The molecule has 1 aliphatic rings. The van der Waals surface area contributed by atoms with Gasteiger partial charge >= 0.3 is 0 Å². The molecule has 3 rings (SSSR count). The van der Waals surface area contributed by atoms with E-state index in [-0.39, 0.29) is 33.6 Å². The van der Waals surface area contributed by atoms with Crippen molar-refractivity contribution in [1.29, 1.82) is 0 Å². The number of methoxy groups -OCH3 is 1. The molecule has 11 heteroatoms. The lowest BCUT2D eigenvalue weighted by molar-refractivity contribution is 0.0729. The zero-order valence-corrected chi connectivity index (χ0v) is 17.3. The first kappa shape index (κ1) is 20.1. The Kier molecular flexibility index (Phi) is 5.77. The molecule has 8 nitrogen and oxygen atoms in total. The van der Waals surface area contributed by atoms with E-state index in [4.69, 9.17) is 9.47 Å². The van der Waals surface area contributed by atoms with Gasteiger partial charge in [0.25, 0.3) is 10.0 Å². The van der Waals surface area contributed by atoms with Gasteiger partial charge in [-0.1, -0.05) is 0 Å². The molecule has 0 aliphatic carbocycles. The highest BCUT2D eigenvalue weighted by molar-refractivity contribution is 7.94. The van der Waals surface area contributed by atoms with Crippen molar-refractivity contribution in [2.75, 3.05) is 38.1 Å². The van der Waals surface area contributed by atoms with Crippen molar-refractivity contribution in [2.45, 2.75) is 16.0 Å². The van der Waals surface area contributed by atoms with E-state index in [2.05, 4.69) is 4.72 Å². The lowest BCUT2D eigenvalue weighted by Crippen LogP contribution is -2.40. The molecule has 1 aliphatic heterocycles. The van der Waals surface area contributed by atoms with Gasteiger partial charge in [-0.2, -0.15) is 4.31 Å². The monoisotopic (exact) mass is 432 g/mol. The van der Waals surface area contributed by atoms with Crippen LogP contribution in [-0.2, 0) is 24.8 Å². The smallest absolute Gasteiger partial charge is 0.271 e. The number of hydrogen-bond donors (Lipinski definition) is 1. The van der Waals surface area contributed by atoms with Crippen molar-refractivity contribution < 1.29 is 26.3 Å². The van der Waals surface area contributed by atoms with Gasteiger partial charge < -0.3 is 9.47 Å². The molecule has 0 radical (unpaired) electrons. The van der Waals surface area contributed by atoms with Crippen molar-refractivity contribution in [2.24, 2.45) is 0 Å². The molecule has 0 spiro atoms. The van der Waals surface area contributed by atoms with Gasteiger partial charge in [0.15, 0.2) is 0 Å². The summed E-state index contributed by atoms with van der Waals surface area (Å²) >= 11 is 1.14. The van der Waals surface area contributed by atoms with E-state index >= 15 is 0 Å². The third-order valence-corrected chi connectivity index (χ3v) is 8.78. The zero-order chi connectivity index (χ0) is 19.7. The van der Waals surface area contributed by atoms with E-state index in [0.717, 1.165) is 16.2 Å². The molecule has 1 N–H and O–H groups in total. The number of nitrogens with zero attached hydrogens (tertiary/aromatic N) is 1. The highest BCUT2D eigenvalue weighted by atomic mass is 32.2. The molecule has 1 saturated heterocycles. The minimum atomic E-state index is -3.85. The lowest BCUT2D eigenvalue weighted by Gasteiger charge is -2.26. The van der Waals surface area contributed by atoms with Crippen molar-refractivity contribution in [3.63, 3.8) is 0 Å². The Labute approximate surface area is 162 Å². The van der Waals surface area contributed by atoms with Gasteiger partial charge in [-0.3, -0.25) is 4.72 Å². The van der Waals surface area contributed by atoms with Crippen LogP contribution in [0.5, 0.6) is 5.75 Å². The molecule has 0 unspecified atom stereocenters. The molecular formula is C16H20N2O6S3. The van der Waals surface area contributed by atoms with Crippen LogP contribution in [0.15, 0.2) is 39.4 Å². The highest BCUT2D eigenvalue weighted by Crippen LogP contribution is 2.31. The predicted molar refractivity (Wildman–Crippen MR) is 102 cm³/mol. The second kappa shape index (κ2) is 7.76. The first-order valence-corrected chi connectivity index (χ1v) is 11.8. The van der Waals surface area contributed by atoms with Crippen LogP contribution in [0.1, 0.15) is 4.88 Å². The predicted octanol–water partition coefficient (Wildman–Crippen LogP) is 1.89. The average Bonchev–Trinajstić information content (AvgIpc) is 3.09. The molecule has 2 aromatic rings. The Morgan fingerprint density at radius 1 is 1.11 bits per heavy atom. The maximum absolute atomic E-state index is 13.0. The molecule has 1 fully saturated rings. The first-order chi connectivity index (χ1) is 12.7. The van der Waals surface area contributed by atoms with Gasteiger partial charge in [-0.15, -0.1) is 11.3 Å². The van der Waals surface area contributed by atoms with E-state index in [1.807, 2.05) is 6.92 Å². The maximum Gasteiger partial charge on any atom is 0.271 e. The third kappa shape index (κ3) is 4.27. The number of thiophene rings is 1. The van der Waals surface area contributed by atoms with Crippen molar-refractivity contribution in [3.8, 4) is 5.75 Å². The van der Waals surface area contributed by atoms with E-state index in [1.54, 1.807) is 6.07 Å². The Hall–Kier alpha value is -1.66. The van der Waals surface area contributed by atoms with E-state index in [9.17, 15) is 16.8 Å². The third-order valence-electron chi connectivity index (χ3n) is 3.98. The summed E-state index contributed by atoms with van der Waals surface area (Å²) in [4.78, 5) is 0.773. The van der Waals surface area contributed by atoms with E-state index in [1.165, 1.54) is 35.7 Å². The number of nitrogens with one attached hydrogen (secondary N) is 1. The fourth-order valence-electron chi connectivity index (χ4n) is 2.63. The molecule has 0 amide bonds. The summed E-state index contributed by atoms with van der Waals surface area (Å²) in [6.45, 7) is 2.90. The minimum Gasteiger partial charge on any atom is -0.495 e. The maximum atomic E-state index is 13.0. The van der Waals surface area contributed by atoms with Crippen LogP contribution in [0.25, 0.3) is 0 Å². The quantitative estimate of drug-likeness (QED) is 0.748. The number of benzene rings is 1. The molecule has 2 heterocycles. The Bertz CT molecular complexity index is 1020. The summed E-state index contributed by atoms with van der Waals surface area (Å²) in [7, 11) is -6.28. The number of rotatable bonds is 6. The minimum absolute atomic E-state index is 0.0885. The van der Waals surface area contributed by atoms with Gasteiger partial charge in [0.1, 0.15) is 14.9 Å². The largest absolute Gasteiger partial charge is 0.495 e. The Morgan fingerprint density at radius 3 is 2.41 bits per heavy atom. The van der Waals surface area contributed by atoms with Gasteiger partial charge in [0.2, 0.25) is 10.0 Å². The number of anilines is 1. The van der Waals surface area contributed by atoms with Crippen LogP contribution >= 0.6 is 11.3 Å². The summed E-state index contributed by atoms with van der Waals surface area (Å²) < 4.78 is 65.3. The van der Waals surface area contributed by atoms with Crippen LogP contribution in [0.3, 0.4) is 0 Å². The van der Waals surface area contributed by atoms with Crippen LogP contribution < -0.4 is 9.46 Å². The molecule has 148 valence electrons. The fraction of sp³-hybridized carbons (Fsp3) is 0.375. The zero-order valence-electron chi connectivity index (χ0n) is 14.8. The Morgan fingerprint density at radius 2 is 1.81 bits per heavy atom. The summed E-state index contributed by atoms with van der Waals surface area (Å²) in [6.07, 6.45) is 0. The molecule has 27 heavy (non-hydrogen) atoms. The van der Waals surface area contributed by atoms with E-state index in [0.29, 0.717) is 13.2 Å². The molecule has 1 aromatic carbocycles. The standard InChI is InChI=1S/C16H20N2O6S3/c1-12-3-6-16(25-12)26(19,20)17-13-4-5-14(23-2)15(11-13)27(21,22)18-7-9-24-10-8-18/h3-6,11,17H,7-10H2,1-2H3. The van der Waals surface area contributed by atoms with Crippen LogP contribution in [-0.4, -0.2) is 54.6 Å². The van der Waals surface area contributed by atoms with Crippen molar-refractivity contribution >= 4 is 37.1 Å². The molecule has 0 atom stereocenters. The highest BCUT2D eigenvalue weighted by Gasteiger charge is 2.30. The Balaban J connectivity index is 1.96. The van der Waals surface area contributed by atoms with Crippen molar-refractivity contribution in [3.05, 3.63) is 35.2 Å². The van der Waals surface area contributed by atoms with Gasteiger partial charge in [0.05, 0.1) is 26.0 Å². The number of sulfonamides is 2. The lowest BCUT2D eigenvalue weighted by atomic mass is 10.3. The second-order valence-corrected chi connectivity index (χ2v) is 11.0. The summed E-state index contributed by atoms with van der Waals surface area (Å²) in [5.74, 6) is 0.149. The number of hydrogen-bond acceptors (Lipinski definition) is 7. The van der Waals surface area contributed by atoms with Gasteiger partial charge in [-0.05, 0) is 37.3 Å². The average molecular weight is 433 g/mol. The number of ether oxygens (including phenoxy) is 2. The van der Waals surface area contributed by atoms with E-state index < -0.39 is 20.0 Å². The number of aryl methyl sites for hydroxylation is 1. The molecule has 0 saturated carbocycles. The molecule has 1 aromatic heterocycles. The second-order valence-electron chi connectivity index (χ2n) is 5.85. The summed E-state index contributed by atoms with van der Waals surface area (Å²) in [5.41, 5.74) is 0.147. The van der Waals surface area contributed by atoms with Crippen molar-refractivity contribution in [1.82, 2.24) is 4.31 Å². The van der Waals surface area contributed by atoms with Gasteiger partial charge in [0, 0.05) is 18.0 Å². The van der Waals surface area contributed by atoms with Crippen LogP contribution in [0.2, 0.25) is 0 Å². The number of morpholine rings is 1. The van der Waals surface area contributed by atoms with Gasteiger partial charge in [-0.25, -0.2) is 16.8 Å². The SMILES string of the molecule is COc1ccc(NS(=O)(=O)c2ccc(C)s2)cc1S(=O)(=O)N1CCOCC1. The topological polar surface area (TPSA) is 102 Å². The molecule has 0 bridgehead atoms.